The van der Waals surface area contributed by atoms with E-state index in [1.54, 1.807) is 6.92 Å². The van der Waals surface area contributed by atoms with Crippen LogP contribution in [0.25, 0.3) is 5.73 Å². The van der Waals surface area contributed by atoms with Crippen molar-refractivity contribution in [3.63, 3.8) is 0 Å². The standard InChI is InChI=1S/C2H5.CH4N.Y.Zr/c2*1-2;;/h1H2,2H3;2H,1H3;;/q2*-1;;+2. The van der Waals surface area contributed by atoms with Crippen LogP contribution >= 0.6 is 0 Å². The van der Waals surface area contributed by atoms with E-state index in [1.807, 2.05) is 0 Å². The first-order valence-electron chi connectivity index (χ1n) is 1.21. The van der Waals surface area contributed by atoms with Gasteiger partial charge in [-0.25, -0.2) is 0 Å². The summed E-state index contributed by atoms with van der Waals surface area (Å²) in [5.74, 6) is 0. The Morgan fingerprint density at radius 3 is 1.17 bits per heavy atom. The third-order valence-corrected chi connectivity index (χ3v) is 0. The van der Waals surface area contributed by atoms with Crippen LogP contribution in [-0.2, 0) is 58.9 Å². The average molecular weight is 239 g/mol. The third-order valence-electron chi connectivity index (χ3n) is 0. The van der Waals surface area contributed by atoms with Crippen LogP contribution in [0.2, 0.25) is 0 Å². The second-order valence-corrected chi connectivity index (χ2v) is 0. The van der Waals surface area contributed by atoms with Crippen molar-refractivity contribution in [1.82, 2.24) is 0 Å². The maximum absolute atomic E-state index is 5.75. The molecule has 0 bridgehead atoms. The molecule has 0 fully saturated rings. The van der Waals surface area contributed by atoms with Gasteiger partial charge in [-0.2, -0.15) is 14.0 Å². The normalized spacial score (nSPS) is 2.00. The SMILES string of the molecule is C[NH-].[CH2-]C.[Y].[Zr+2]. The second-order valence-electron chi connectivity index (χ2n) is 0. The van der Waals surface area contributed by atoms with Gasteiger partial charge in [0.25, 0.3) is 0 Å². The monoisotopic (exact) mass is 238 g/mol. The number of hydrogen-bond acceptors (Lipinski definition) is 0. The van der Waals surface area contributed by atoms with Crippen LogP contribution in [0.1, 0.15) is 6.92 Å². The fourth-order valence-corrected chi connectivity index (χ4v) is 0. The van der Waals surface area contributed by atoms with Crippen molar-refractivity contribution in [2.24, 2.45) is 0 Å². The summed E-state index contributed by atoms with van der Waals surface area (Å²) in [4.78, 5) is 0. The predicted octanol–water partition coefficient (Wildman–Crippen LogP) is 1.50. The Kier molecular flexibility index (Phi) is 266. The fourth-order valence-electron chi connectivity index (χ4n) is 0. The molecule has 0 rings (SSSR count). The third kappa shape index (κ3) is 38.4. The zero-order valence-electron chi connectivity index (χ0n) is 4.28. The van der Waals surface area contributed by atoms with E-state index in [-0.39, 0.29) is 58.9 Å². The molecule has 1 radical (unpaired) electrons. The van der Waals surface area contributed by atoms with E-state index in [0.29, 0.717) is 0 Å². The van der Waals surface area contributed by atoms with Crippen LogP contribution in [0.4, 0.5) is 0 Å². The molecule has 0 aliphatic carbocycles. The molecule has 0 atom stereocenters. The molecule has 0 heterocycles. The maximum atomic E-state index is 5.75. The zero-order chi connectivity index (χ0) is 4.00. The van der Waals surface area contributed by atoms with Crippen LogP contribution in [0.15, 0.2) is 0 Å². The molecule has 0 aromatic carbocycles. The first kappa shape index (κ1) is 24.6. The summed E-state index contributed by atoms with van der Waals surface area (Å²) in [6.07, 6.45) is 0. The van der Waals surface area contributed by atoms with Crippen LogP contribution in [0.3, 0.4) is 0 Å². The van der Waals surface area contributed by atoms with Crippen LogP contribution < -0.4 is 0 Å². The molecule has 0 unspecified atom stereocenters. The summed E-state index contributed by atoms with van der Waals surface area (Å²) >= 11 is 0. The first-order chi connectivity index (χ1) is 2.00. The van der Waals surface area contributed by atoms with Gasteiger partial charge in [0.1, 0.15) is 0 Å². The summed E-state index contributed by atoms with van der Waals surface area (Å²) in [6.45, 7) is 5.00. The van der Waals surface area contributed by atoms with Gasteiger partial charge in [0.15, 0.2) is 0 Å². The quantitative estimate of drug-likeness (QED) is 0.572. The van der Waals surface area contributed by atoms with E-state index < -0.39 is 0 Å². The van der Waals surface area contributed by atoms with E-state index >= 15 is 0 Å². The predicted molar refractivity (Wildman–Crippen MR) is 21.3 cm³/mol. The van der Waals surface area contributed by atoms with Crippen molar-refractivity contribution < 1.29 is 58.9 Å². The molecule has 33 valence electrons. The topological polar surface area (TPSA) is 23.8 Å². The Bertz CT molecular complexity index is 10.8. The van der Waals surface area contributed by atoms with Gasteiger partial charge in [-0.15, -0.1) is 0 Å². The molecule has 1 nitrogen and oxygen atoms in total. The largest absolute Gasteiger partial charge is 2.00 e. The van der Waals surface area contributed by atoms with E-state index in [1.165, 1.54) is 7.05 Å². The molecule has 6 heavy (non-hydrogen) atoms. The molecule has 0 aliphatic heterocycles. The van der Waals surface area contributed by atoms with Gasteiger partial charge in [-0.1, -0.05) is 0 Å². The minimum Gasteiger partial charge on any atom is -0.680 e. The van der Waals surface area contributed by atoms with Crippen molar-refractivity contribution >= 4 is 0 Å². The van der Waals surface area contributed by atoms with Gasteiger partial charge >= 0.3 is 26.2 Å². The molecule has 0 saturated carbocycles. The Morgan fingerprint density at radius 2 is 1.17 bits per heavy atom. The molecule has 0 aromatic heterocycles. The van der Waals surface area contributed by atoms with E-state index in [9.17, 15) is 0 Å². The van der Waals surface area contributed by atoms with Crippen LogP contribution in [0, 0.1) is 6.92 Å². The number of hydrogen-bond donors (Lipinski definition) is 0. The summed E-state index contributed by atoms with van der Waals surface area (Å²) < 4.78 is 0. The molecule has 1 N–H and O–H groups in total. The Labute approximate surface area is 84.4 Å². The van der Waals surface area contributed by atoms with Crippen molar-refractivity contribution in [1.29, 1.82) is 0 Å². The van der Waals surface area contributed by atoms with Crippen molar-refractivity contribution in [3.8, 4) is 0 Å². The van der Waals surface area contributed by atoms with E-state index in [4.69, 9.17) is 5.73 Å². The van der Waals surface area contributed by atoms with Gasteiger partial charge in [-0.05, 0) is 0 Å². The summed E-state index contributed by atoms with van der Waals surface area (Å²) in [5.41, 5.74) is 5.75. The average Bonchev–Trinajstić information content (AvgIpc) is 1.50. The molecule has 0 aliphatic rings. The second kappa shape index (κ2) is 64.8. The molecule has 3 heteroatoms. The van der Waals surface area contributed by atoms with Crippen molar-refractivity contribution in [2.45, 2.75) is 6.92 Å². The van der Waals surface area contributed by atoms with Gasteiger partial charge in [0, 0.05) is 32.7 Å². The smallest absolute Gasteiger partial charge is 0.680 e. The van der Waals surface area contributed by atoms with E-state index in [2.05, 4.69) is 6.92 Å². The maximum Gasteiger partial charge on any atom is 2.00 e. The minimum atomic E-state index is 0. The van der Waals surface area contributed by atoms with Gasteiger partial charge in [-0.3, -0.25) is 0 Å². The molecule has 0 spiro atoms. The van der Waals surface area contributed by atoms with E-state index in [0.717, 1.165) is 0 Å². The van der Waals surface area contributed by atoms with Gasteiger partial charge < -0.3 is 12.7 Å². The first-order valence-corrected chi connectivity index (χ1v) is 1.21. The summed E-state index contributed by atoms with van der Waals surface area (Å²) in [5, 5.41) is 0. The Balaban J connectivity index is -0.00000000500. The molecule has 0 aromatic rings. The van der Waals surface area contributed by atoms with Gasteiger partial charge in [0.2, 0.25) is 0 Å². The number of rotatable bonds is 0. The van der Waals surface area contributed by atoms with Crippen molar-refractivity contribution in [2.75, 3.05) is 7.05 Å². The molecular formula is C3H9NYZr. The Hall–Kier alpha value is 1.95. The van der Waals surface area contributed by atoms with Crippen molar-refractivity contribution in [3.05, 3.63) is 12.7 Å². The van der Waals surface area contributed by atoms with Crippen LogP contribution in [0.5, 0.6) is 0 Å². The fraction of sp³-hybridized carbons (Fsp3) is 0.667. The van der Waals surface area contributed by atoms with Crippen LogP contribution in [-0.4, -0.2) is 7.05 Å². The molecule has 0 saturated heterocycles. The Morgan fingerprint density at radius 1 is 1.17 bits per heavy atom. The summed E-state index contributed by atoms with van der Waals surface area (Å²) in [7, 11) is 1.25. The zero-order valence-corrected chi connectivity index (χ0v) is 9.58. The molecular weight excluding hydrogens is 230 g/mol. The summed E-state index contributed by atoms with van der Waals surface area (Å²) in [6, 6.07) is 0. The number of nitrogens with one attached hydrogen (secondary N) is 1. The molecule has 0 amide bonds. The van der Waals surface area contributed by atoms with Gasteiger partial charge in [0.05, 0.1) is 0 Å². The minimum absolute atomic E-state index is 0.